The minimum Gasteiger partial charge on any atom is -0.463 e. The number of esters is 1. The molecule has 1 amide bonds. The van der Waals surface area contributed by atoms with E-state index in [1.54, 1.807) is 7.05 Å². The van der Waals surface area contributed by atoms with Crippen LogP contribution in [-0.4, -0.2) is 201 Å². The van der Waals surface area contributed by atoms with Gasteiger partial charge >= 0.3 is 12.1 Å². The molecule has 0 aliphatic heterocycles. The molecule has 65 heavy (non-hydrogen) atoms. The molecular weight excluding hydrogens is 847 g/mol. The Morgan fingerprint density at radius 2 is 0.600 bits per heavy atom. The minimum absolute atomic E-state index is 0.136. The van der Waals surface area contributed by atoms with Crippen LogP contribution in [0.5, 0.6) is 0 Å². The first kappa shape index (κ1) is 63.3. The third kappa shape index (κ3) is 54.8. The number of hydrogen-bond acceptors (Lipinski definition) is 16. The SMILES string of the molecule is CCCCCCCCCCCCCCCC(=O)OCCOCCOCCOCCOCCOCCOCCOCCOCCOCCOCCOCCOCCN(C)C(=O)OC(C)(C)C. The smallest absolute Gasteiger partial charge is 0.410 e. The van der Waals surface area contributed by atoms with Crippen LogP contribution < -0.4 is 0 Å². The Morgan fingerprint density at radius 3 is 0.877 bits per heavy atom. The van der Waals surface area contributed by atoms with Crippen LogP contribution in [0.15, 0.2) is 0 Å². The molecule has 0 aliphatic carbocycles. The Kier molecular flexibility index (Phi) is 50.3. The van der Waals surface area contributed by atoms with E-state index in [-0.39, 0.29) is 18.7 Å². The van der Waals surface area contributed by atoms with Gasteiger partial charge in [-0.2, -0.15) is 0 Å². The third-order valence-corrected chi connectivity index (χ3v) is 9.34. The summed E-state index contributed by atoms with van der Waals surface area (Å²) in [7, 11) is 1.68. The van der Waals surface area contributed by atoms with Crippen molar-refractivity contribution < 1.29 is 75.9 Å². The molecule has 0 bridgehead atoms. The summed E-state index contributed by atoms with van der Waals surface area (Å²) >= 11 is 0. The molecule has 0 saturated heterocycles. The zero-order chi connectivity index (χ0) is 47.4. The minimum atomic E-state index is -0.515. The number of ether oxygens (including phenoxy) is 14. The van der Waals surface area contributed by atoms with Crippen molar-refractivity contribution in [3.05, 3.63) is 0 Å². The Morgan fingerprint density at radius 1 is 0.354 bits per heavy atom. The van der Waals surface area contributed by atoms with Crippen LogP contribution in [0.4, 0.5) is 4.79 Å². The van der Waals surface area contributed by atoms with Gasteiger partial charge in [-0.25, -0.2) is 4.79 Å². The van der Waals surface area contributed by atoms with Crippen LogP contribution in [-0.2, 0) is 71.1 Å². The lowest BCUT2D eigenvalue weighted by Gasteiger charge is -2.24. The van der Waals surface area contributed by atoms with Crippen molar-refractivity contribution in [2.24, 2.45) is 0 Å². The third-order valence-electron chi connectivity index (χ3n) is 9.34. The first-order valence-corrected chi connectivity index (χ1v) is 24.8. The molecule has 0 rings (SSSR count). The van der Waals surface area contributed by atoms with Crippen molar-refractivity contribution in [2.45, 2.75) is 123 Å². The Balaban J connectivity index is 3.17. The zero-order valence-corrected chi connectivity index (χ0v) is 41.8. The predicted octanol–water partition coefficient (Wildman–Crippen LogP) is 7.08. The summed E-state index contributed by atoms with van der Waals surface area (Å²) in [5, 5.41) is 0. The number of unbranched alkanes of at least 4 members (excludes halogenated alkanes) is 12. The van der Waals surface area contributed by atoms with E-state index >= 15 is 0 Å². The monoisotopic (exact) mass is 942 g/mol. The van der Waals surface area contributed by atoms with Gasteiger partial charge < -0.3 is 71.2 Å². The molecule has 0 aromatic rings. The summed E-state index contributed by atoms with van der Waals surface area (Å²) < 4.78 is 76.6. The van der Waals surface area contributed by atoms with E-state index in [4.69, 9.17) is 66.3 Å². The highest BCUT2D eigenvalue weighted by Gasteiger charge is 2.19. The van der Waals surface area contributed by atoms with Crippen molar-refractivity contribution in [2.75, 3.05) is 179 Å². The maximum Gasteiger partial charge on any atom is 0.410 e. The van der Waals surface area contributed by atoms with E-state index in [2.05, 4.69) is 6.92 Å². The van der Waals surface area contributed by atoms with E-state index in [0.717, 1.165) is 12.8 Å². The normalized spacial score (nSPS) is 11.7. The predicted molar refractivity (Wildman–Crippen MR) is 250 cm³/mol. The van der Waals surface area contributed by atoms with Gasteiger partial charge in [0.15, 0.2) is 0 Å². The van der Waals surface area contributed by atoms with Gasteiger partial charge in [0.2, 0.25) is 0 Å². The van der Waals surface area contributed by atoms with Crippen molar-refractivity contribution in [3.63, 3.8) is 0 Å². The van der Waals surface area contributed by atoms with Gasteiger partial charge in [0.1, 0.15) is 12.2 Å². The fourth-order valence-electron chi connectivity index (χ4n) is 5.73. The van der Waals surface area contributed by atoms with Gasteiger partial charge in [-0.1, -0.05) is 84.0 Å². The highest BCUT2D eigenvalue weighted by molar-refractivity contribution is 5.69. The fourth-order valence-corrected chi connectivity index (χ4v) is 5.73. The molecule has 0 unspecified atom stereocenters. The lowest BCUT2D eigenvalue weighted by molar-refractivity contribution is -0.145. The summed E-state index contributed by atoms with van der Waals surface area (Å²) in [5.41, 5.74) is -0.515. The molecule has 0 N–H and O–H groups in total. The van der Waals surface area contributed by atoms with Crippen LogP contribution in [0.2, 0.25) is 0 Å². The number of likely N-dealkylation sites (N-methyl/N-ethyl adjacent to an activating group) is 1. The molecule has 0 atom stereocenters. The Labute approximate surface area is 394 Å². The highest BCUT2D eigenvalue weighted by atomic mass is 16.6. The number of nitrogens with zero attached hydrogens (tertiary/aromatic N) is 1. The summed E-state index contributed by atoms with van der Waals surface area (Å²) in [6.07, 6.45) is 16.9. The molecular formula is C48H95NO16. The van der Waals surface area contributed by atoms with E-state index in [1.165, 1.54) is 75.5 Å². The molecule has 0 saturated carbocycles. The van der Waals surface area contributed by atoms with Crippen molar-refractivity contribution in [3.8, 4) is 0 Å². The van der Waals surface area contributed by atoms with Gasteiger partial charge in [0.05, 0.1) is 159 Å². The average Bonchev–Trinajstić information content (AvgIpc) is 3.28. The molecule has 0 heterocycles. The van der Waals surface area contributed by atoms with Gasteiger partial charge in [0.25, 0.3) is 0 Å². The zero-order valence-electron chi connectivity index (χ0n) is 41.8. The quantitative estimate of drug-likeness (QED) is 0.0448. The van der Waals surface area contributed by atoms with E-state index in [0.29, 0.717) is 172 Å². The summed E-state index contributed by atoms with van der Waals surface area (Å²) in [5.74, 6) is -0.136. The summed E-state index contributed by atoms with van der Waals surface area (Å²) in [4.78, 5) is 25.3. The number of hydrogen-bond donors (Lipinski definition) is 0. The molecule has 0 radical (unpaired) electrons. The standard InChI is InChI=1S/C48H95NO16/c1-6-7-8-9-10-11-12-13-14-15-16-17-18-19-46(50)64-45-44-63-43-42-62-41-40-61-39-38-60-37-36-59-35-34-58-33-32-57-31-30-56-29-28-55-27-26-54-25-24-53-23-22-52-21-20-49(5)47(51)65-48(2,3)4/h6-45H2,1-5H3. The molecule has 0 aromatic heterocycles. The first-order valence-electron chi connectivity index (χ1n) is 24.8. The Hall–Kier alpha value is -1.74. The van der Waals surface area contributed by atoms with Crippen LogP contribution in [0.3, 0.4) is 0 Å². The van der Waals surface area contributed by atoms with Gasteiger partial charge in [-0.3, -0.25) is 4.79 Å². The van der Waals surface area contributed by atoms with Gasteiger partial charge in [-0.05, 0) is 27.2 Å². The lowest BCUT2D eigenvalue weighted by Crippen LogP contribution is -2.36. The van der Waals surface area contributed by atoms with Crippen LogP contribution in [0, 0.1) is 0 Å². The summed E-state index contributed by atoms with van der Waals surface area (Å²) in [6.45, 7) is 19.8. The van der Waals surface area contributed by atoms with E-state index in [1.807, 2.05) is 20.8 Å². The second kappa shape index (κ2) is 51.6. The second-order valence-electron chi connectivity index (χ2n) is 16.5. The van der Waals surface area contributed by atoms with Crippen LogP contribution in [0.25, 0.3) is 0 Å². The summed E-state index contributed by atoms with van der Waals surface area (Å²) in [6, 6.07) is 0. The van der Waals surface area contributed by atoms with Crippen LogP contribution >= 0.6 is 0 Å². The molecule has 17 heteroatoms. The average molecular weight is 942 g/mol. The Bertz CT molecular complexity index is 976. The molecule has 0 fully saturated rings. The van der Waals surface area contributed by atoms with Crippen LogP contribution in [0.1, 0.15) is 118 Å². The first-order chi connectivity index (χ1) is 31.8. The number of carbonyl (C=O) groups is 2. The molecule has 0 aliphatic rings. The molecule has 17 nitrogen and oxygen atoms in total. The maximum absolute atomic E-state index is 11.9. The highest BCUT2D eigenvalue weighted by Crippen LogP contribution is 2.13. The fraction of sp³-hybridized carbons (Fsp3) is 0.958. The maximum atomic E-state index is 11.9. The molecule has 0 spiro atoms. The van der Waals surface area contributed by atoms with E-state index in [9.17, 15) is 9.59 Å². The van der Waals surface area contributed by atoms with E-state index < -0.39 is 5.60 Å². The van der Waals surface area contributed by atoms with Crippen molar-refractivity contribution in [1.29, 1.82) is 0 Å². The molecule has 388 valence electrons. The van der Waals surface area contributed by atoms with Crippen molar-refractivity contribution >= 4 is 12.1 Å². The number of rotatable bonds is 53. The lowest BCUT2D eigenvalue weighted by atomic mass is 10.0. The topological polar surface area (TPSA) is 167 Å². The van der Waals surface area contributed by atoms with Gasteiger partial charge in [0, 0.05) is 20.0 Å². The van der Waals surface area contributed by atoms with Crippen molar-refractivity contribution in [1.82, 2.24) is 4.90 Å². The van der Waals surface area contributed by atoms with Gasteiger partial charge in [-0.15, -0.1) is 0 Å². The molecule has 0 aromatic carbocycles. The second-order valence-corrected chi connectivity index (χ2v) is 16.5. The largest absolute Gasteiger partial charge is 0.463 e. The number of carbonyl (C=O) groups excluding carboxylic acids is 2. The number of amides is 1.